The van der Waals surface area contributed by atoms with Crippen LogP contribution in [0.2, 0.25) is 5.02 Å². The zero-order valence-electron chi connectivity index (χ0n) is 9.01. The zero-order valence-corrected chi connectivity index (χ0v) is 12.7. The lowest BCUT2D eigenvalue weighted by Gasteiger charge is -2.17. The van der Waals surface area contributed by atoms with Gasteiger partial charge in [0.15, 0.2) is 0 Å². The zero-order chi connectivity index (χ0) is 12.4. The lowest BCUT2D eigenvalue weighted by Crippen LogP contribution is -2.18. The highest BCUT2D eigenvalue weighted by Crippen LogP contribution is 2.34. The Balaban J connectivity index is 2.46. The van der Waals surface area contributed by atoms with E-state index in [9.17, 15) is 4.39 Å². The Hall–Kier alpha value is -0.170. The largest absolute Gasteiger partial charge is 0.309 e. The van der Waals surface area contributed by atoms with Crippen LogP contribution >= 0.6 is 45.5 Å². The number of thiophene rings is 1. The van der Waals surface area contributed by atoms with E-state index in [1.54, 1.807) is 17.4 Å². The van der Waals surface area contributed by atoms with E-state index in [1.807, 2.05) is 18.5 Å². The SMILES string of the molecule is CNC(c1ccc(F)cc1I)c1sccc1Cl. The van der Waals surface area contributed by atoms with Crippen molar-refractivity contribution in [1.82, 2.24) is 5.32 Å². The van der Waals surface area contributed by atoms with Gasteiger partial charge in [-0.2, -0.15) is 0 Å². The predicted octanol–water partition coefficient (Wildman–Crippen LogP) is 4.45. The van der Waals surface area contributed by atoms with Gasteiger partial charge in [0.2, 0.25) is 0 Å². The minimum atomic E-state index is -0.217. The first kappa shape index (κ1) is 13.3. The summed E-state index contributed by atoms with van der Waals surface area (Å²) in [7, 11) is 1.88. The Kier molecular flexibility index (Phi) is 4.41. The minimum Gasteiger partial charge on any atom is -0.309 e. The molecule has 5 heteroatoms. The highest BCUT2D eigenvalue weighted by Gasteiger charge is 2.19. The van der Waals surface area contributed by atoms with Gasteiger partial charge >= 0.3 is 0 Å². The Morgan fingerprint density at radius 2 is 2.18 bits per heavy atom. The molecule has 1 unspecified atom stereocenters. The van der Waals surface area contributed by atoms with Crippen LogP contribution in [0, 0.1) is 9.39 Å². The van der Waals surface area contributed by atoms with Gasteiger partial charge in [-0.3, -0.25) is 0 Å². The van der Waals surface area contributed by atoms with Gasteiger partial charge in [0.25, 0.3) is 0 Å². The van der Waals surface area contributed by atoms with Crippen molar-refractivity contribution in [2.45, 2.75) is 6.04 Å². The Bertz CT molecular complexity index is 529. The summed E-state index contributed by atoms with van der Waals surface area (Å²) in [6.07, 6.45) is 0. The van der Waals surface area contributed by atoms with Crippen LogP contribution in [0.1, 0.15) is 16.5 Å². The van der Waals surface area contributed by atoms with E-state index >= 15 is 0 Å². The third-order valence-corrected chi connectivity index (χ3v) is 4.83. The maximum atomic E-state index is 13.1. The maximum Gasteiger partial charge on any atom is 0.124 e. The number of hydrogen-bond acceptors (Lipinski definition) is 2. The Morgan fingerprint density at radius 3 is 2.71 bits per heavy atom. The fourth-order valence-electron chi connectivity index (χ4n) is 1.67. The van der Waals surface area contributed by atoms with Gasteiger partial charge in [-0.1, -0.05) is 17.7 Å². The van der Waals surface area contributed by atoms with Crippen molar-refractivity contribution in [3.05, 3.63) is 54.5 Å². The van der Waals surface area contributed by atoms with Crippen LogP contribution in [0.25, 0.3) is 0 Å². The van der Waals surface area contributed by atoms with E-state index in [0.29, 0.717) is 0 Å². The van der Waals surface area contributed by atoms with Crippen molar-refractivity contribution in [3.8, 4) is 0 Å². The van der Waals surface area contributed by atoms with Crippen LogP contribution in [-0.4, -0.2) is 7.05 Å². The molecular weight excluding hydrogens is 372 g/mol. The number of rotatable bonds is 3. The molecule has 2 aromatic rings. The van der Waals surface area contributed by atoms with Crippen LogP contribution in [-0.2, 0) is 0 Å². The molecule has 0 aliphatic carbocycles. The van der Waals surface area contributed by atoms with Gasteiger partial charge in [-0.05, 0) is 58.8 Å². The molecular formula is C12H10ClFINS. The summed E-state index contributed by atoms with van der Waals surface area (Å²) in [5.41, 5.74) is 1.04. The average Bonchev–Trinajstić information content (AvgIpc) is 2.69. The highest BCUT2D eigenvalue weighted by atomic mass is 127. The quantitative estimate of drug-likeness (QED) is 0.774. The molecule has 1 N–H and O–H groups in total. The van der Waals surface area contributed by atoms with Crippen LogP contribution in [0.5, 0.6) is 0 Å². The van der Waals surface area contributed by atoms with E-state index in [-0.39, 0.29) is 11.9 Å². The van der Waals surface area contributed by atoms with Crippen molar-refractivity contribution in [2.75, 3.05) is 7.05 Å². The summed E-state index contributed by atoms with van der Waals surface area (Å²) in [6.45, 7) is 0. The van der Waals surface area contributed by atoms with Crippen LogP contribution in [0.4, 0.5) is 4.39 Å². The monoisotopic (exact) mass is 381 g/mol. The van der Waals surface area contributed by atoms with Gasteiger partial charge in [0, 0.05) is 8.45 Å². The molecule has 0 saturated carbocycles. The van der Waals surface area contributed by atoms with Gasteiger partial charge in [0.05, 0.1) is 11.1 Å². The maximum absolute atomic E-state index is 13.1. The first-order valence-corrected chi connectivity index (χ1v) is 7.32. The first-order chi connectivity index (χ1) is 8.13. The van der Waals surface area contributed by atoms with Crippen molar-refractivity contribution in [3.63, 3.8) is 0 Å². The molecule has 1 nitrogen and oxygen atoms in total. The summed E-state index contributed by atoms with van der Waals surface area (Å²) in [4.78, 5) is 1.05. The molecule has 0 saturated heterocycles. The number of benzene rings is 1. The van der Waals surface area contributed by atoms with Crippen molar-refractivity contribution >= 4 is 45.5 Å². The molecule has 0 bridgehead atoms. The van der Waals surface area contributed by atoms with Gasteiger partial charge in [-0.25, -0.2) is 4.39 Å². The summed E-state index contributed by atoms with van der Waals surface area (Å²) in [6, 6.07) is 6.69. The molecule has 1 aromatic carbocycles. The van der Waals surface area contributed by atoms with Gasteiger partial charge < -0.3 is 5.32 Å². The summed E-state index contributed by atoms with van der Waals surface area (Å²) >= 11 is 9.88. The molecule has 0 aliphatic rings. The van der Waals surface area contributed by atoms with E-state index in [1.165, 1.54) is 12.1 Å². The van der Waals surface area contributed by atoms with Crippen LogP contribution < -0.4 is 5.32 Å². The molecule has 17 heavy (non-hydrogen) atoms. The second-order valence-electron chi connectivity index (χ2n) is 3.52. The fourth-order valence-corrected chi connectivity index (χ4v) is 3.76. The summed E-state index contributed by atoms with van der Waals surface area (Å²) in [5, 5.41) is 5.92. The number of halogens is 3. The summed E-state index contributed by atoms with van der Waals surface area (Å²) in [5.74, 6) is -0.217. The van der Waals surface area contributed by atoms with Crippen molar-refractivity contribution < 1.29 is 4.39 Å². The third kappa shape index (κ3) is 2.81. The molecule has 1 atom stereocenters. The van der Waals surface area contributed by atoms with E-state index in [2.05, 4.69) is 27.9 Å². The average molecular weight is 382 g/mol. The lowest BCUT2D eigenvalue weighted by molar-refractivity contribution is 0.622. The molecule has 1 heterocycles. The van der Waals surface area contributed by atoms with Crippen LogP contribution in [0.3, 0.4) is 0 Å². The van der Waals surface area contributed by atoms with Crippen LogP contribution in [0.15, 0.2) is 29.6 Å². The van der Waals surface area contributed by atoms with E-state index in [0.717, 1.165) is 19.0 Å². The lowest BCUT2D eigenvalue weighted by atomic mass is 10.1. The number of nitrogens with one attached hydrogen (secondary N) is 1. The smallest absolute Gasteiger partial charge is 0.124 e. The number of hydrogen-bond donors (Lipinski definition) is 1. The Labute approximate surface area is 122 Å². The summed E-state index contributed by atoms with van der Waals surface area (Å²) < 4.78 is 14.0. The van der Waals surface area contributed by atoms with E-state index in [4.69, 9.17) is 11.6 Å². The molecule has 0 spiro atoms. The third-order valence-electron chi connectivity index (χ3n) is 2.47. The Morgan fingerprint density at radius 1 is 1.41 bits per heavy atom. The predicted molar refractivity (Wildman–Crippen MR) is 79.3 cm³/mol. The molecule has 2 rings (SSSR count). The standard InChI is InChI=1S/C12H10ClFINS/c1-16-11(12-9(13)4-5-17-12)8-3-2-7(14)6-10(8)15/h2-6,11,16H,1H3. The molecule has 0 amide bonds. The highest BCUT2D eigenvalue weighted by molar-refractivity contribution is 14.1. The second kappa shape index (κ2) is 5.65. The van der Waals surface area contributed by atoms with Gasteiger partial charge in [-0.15, -0.1) is 11.3 Å². The topological polar surface area (TPSA) is 12.0 Å². The molecule has 0 radical (unpaired) electrons. The van der Waals surface area contributed by atoms with E-state index < -0.39 is 0 Å². The van der Waals surface area contributed by atoms with Crippen molar-refractivity contribution in [1.29, 1.82) is 0 Å². The molecule has 0 aliphatic heterocycles. The van der Waals surface area contributed by atoms with Gasteiger partial charge in [0.1, 0.15) is 5.82 Å². The normalized spacial score (nSPS) is 12.7. The molecule has 1 aromatic heterocycles. The second-order valence-corrected chi connectivity index (χ2v) is 6.04. The molecule has 0 fully saturated rings. The molecule has 90 valence electrons. The minimum absolute atomic E-state index is 0.00926. The van der Waals surface area contributed by atoms with Crippen molar-refractivity contribution in [2.24, 2.45) is 0 Å². The first-order valence-electron chi connectivity index (χ1n) is 4.98. The fraction of sp³-hybridized carbons (Fsp3) is 0.167.